The van der Waals surface area contributed by atoms with Gasteiger partial charge in [0.1, 0.15) is 5.82 Å². The lowest BCUT2D eigenvalue weighted by atomic mass is 9.90. The maximum absolute atomic E-state index is 13.5. The van der Waals surface area contributed by atoms with Crippen LogP contribution in [0.2, 0.25) is 0 Å². The molecule has 2 rings (SSSR count). The zero-order valence-corrected chi connectivity index (χ0v) is 9.17. The molecule has 0 saturated heterocycles. The first-order valence-electron chi connectivity index (χ1n) is 5.61. The Morgan fingerprint density at radius 3 is 3.06 bits per heavy atom. The molecule has 2 heteroatoms. The molecule has 1 aliphatic rings. The second kappa shape index (κ2) is 4.27. The van der Waals surface area contributed by atoms with Crippen molar-refractivity contribution in [2.75, 3.05) is 0 Å². The molecule has 0 aromatic heterocycles. The molecule has 0 fully saturated rings. The predicted molar refractivity (Wildman–Crippen MR) is 61.3 cm³/mol. The van der Waals surface area contributed by atoms with Crippen LogP contribution >= 0.6 is 0 Å². The summed E-state index contributed by atoms with van der Waals surface area (Å²) < 4.78 is 13.5. The van der Waals surface area contributed by atoms with E-state index in [1.54, 1.807) is 6.07 Å². The summed E-state index contributed by atoms with van der Waals surface area (Å²) in [6.45, 7) is 0. The van der Waals surface area contributed by atoms with Gasteiger partial charge in [-0.25, -0.2) is 4.39 Å². The summed E-state index contributed by atoms with van der Waals surface area (Å²) in [5.74, 6) is 2.36. The zero-order chi connectivity index (χ0) is 11.6. The molecule has 1 atom stereocenters. The summed E-state index contributed by atoms with van der Waals surface area (Å²) in [5, 5.41) is 10.5. The Morgan fingerprint density at radius 2 is 2.31 bits per heavy atom. The Hall–Kier alpha value is -1.33. The molecule has 0 spiro atoms. The Labute approximate surface area is 95.3 Å². The van der Waals surface area contributed by atoms with E-state index in [0.29, 0.717) is 31.2 Å². The lowest BCUT2D eigenvalue weighted by Crippen LogP contribution is -2.22. The van der Waals surface area contributed by atoms with Crippen molar-refractivity contribution in [3.05, 3.63) is 35.1 Å². The fourth-order valence-corrected chi connectivity index (χ4v) is 2.46. The van der Waals surface area contributed by atoms with Crippen molar-refractivity contribution in [1.29, 1.82) is 0 Å². The SMILES string of the molecule is C#CCCCC1(O)CCc2c(F)cccc21. The Bertz CT molecular complexity index is 433. The minimum atomic E-state index is -0.867. The van der Waals surface area contributed by atoms with Gasteiger partial charge < -0.3 is 5.11 Å². The third-order valence-corrected chi connectivity index (χ3v) is 3.32. The van der Waals surface area contributed by atoms with E-state index >= 15 is 0 Å². The van der Waals surface area contributed by atoms with Crippen LogP contribution in [0.1, 0.15) is 36.8 Å². The minimum absolute atomic E-state index is 0.203. The van der Waals surface area contributed by atoms with Crippen LogP contribution in [0.3, 0.4) is 0 Å². The Morgan fingerprint density at radius 1 is 1.50 bits per heavy atom. The van der Waals surface area contributed by atoms with Gasteiger partial charge in [0.2, 0.25) is 0 Å². The van der Waals surface area contributed by atoms with E-state index in [2.05, 4.69) is 5.92 Å². The third-order valence-electron chi connectivity index (χ3n) is 3.32. The molecule has 1 aromatic carbocycles. The molecule has 0 bridgehead atoms. The second-order valence-electron chi connectivity index (χ2n) is 4.36. The van der Waals surface area contributed by atoms with Gasteiger partial charge in [-0.3, -0.25) is 0 Å². The average molecular weight is 218 g/mol. The molecule has 0 radical (unpaired) electrons. The molecule has 0 aliphatic heterocycles. The minimum Gasteiger partial charge on any atom is -0.385 e. The summed E-state index contributed by atoms with van der Waals surface area (Å²) in [6.07, 6.45) is 8.47. The number of hydrogen-bond donors (Lipinski definition) is 1. The number of terminal acetylenes is 1. The maximum atomic E-state index is 13.5. The first-order valence-corrected chi connectivity index (χ1v) is 5.61. The van der Waals surface area contributed by atoms with Crippen LogP contribution in [0.25, 0.3) is 0 Å². The maximum Gasteiger partial charge on any atom is 0.126 e. The third kappa shape index (κ3) is 1.83. The van der Waals surface area contributed by atoms with Gasteiger partial charge in [0.25, 0.3) is 0 Å². The van der Waals surface area contributed by atoms with Crippen LogP contribution in [0.15, 0.2) is 18.2 Å². The van der Waals surface area contributed by atoms with Gasteiger partial charge in [-0.1, -0.05) is 12.1 Å². The fourth-order valence-electron chi connectivity index (χ4n) is 2.46. The van der Waals surface area contributed by atoms with Gasteiger partial charge >= 0.3 is 0 Å². The Kier molecular flexibility index (Phi) is 2.98. The van der Waals surface area contributed by atoms with E-state index in [9.17, 15) is 9.50 Å². The van der Waals surface area contributed by atoms with Gasteiger partial charge in [0.05, 0.1) is 5.60 Å². The standard InChI is InChI=1S/C14H15FO/c1-2-3-4-9-14(16)10-8-11-12(14)6-5-7-13(11)15/h1,5-7,16H,3-4,8-10H2. The van der Waals surface area contributed by atoms with E-state index < -0.39 is 5.60 Å². The van der Waals surface area contributed by atoms with E-state index in [-0.39, 0.29) is 5.82 Å². The molecule has 1 unspecified atom stereocenters. The Balaban J connectivity index is 2.22. The van der Waals surface area contributed by atoms with Gasteiger partial charge in [-0.05, 0) is 42.9 Å². The van der Waals surface area contributed by atoms with Crippen molar-refractivity contribution < 1.29 is 9.50 Å². The lowest BCUT2D eigenvalue weighted by molar-refractivity contribution is 0.0278. The number of halogens is 1. The van der Waals surface area contributed by atoms with Crippen molar-refractivity contribution in [1.82, 2.24) is 0 Å². The molecular weight excluding hydrogens is 203 g/mol. The fraction of sp³-hybridized carbons (Fsp3) is 0.429. The number of unbranched alkanes of at least 4 members (excludes halogenated alkanes) is 1. The monoisotopic (exact) mass is 218 g/mol. The highest BCUT2D eigenvalue weighted by Gasteiger charge is 2.37. The molecule has 84 valence electrons. The van der Waals surface area contributed by atoms with Gasteiger partial charge in [-0.2, -0.15) is 0 Å². The van der Waals surface area contributed by atoms with Crippen LogP contribution in [0.5, 0.6) is 0 Å². The van der Waals surface area contributed by atoms with Crippen molar-refractivity contribution in [3.8, 4) is 12.3 Å². The van der Waals surface area contributed by atoms with Crippen molar-refractivity contribution in [2.24, 2.45) is 0 Å². The number of fused-ring (bicyclic) bond motifs is 1. The highest BCUT2D eigenvalue weighted by molar-refractivity contribution is 5.38. The summed E-state index contributed by atoms with van der Waals surface area (Å²) in [7, 11) is 0. The first kappa shape index (κ1) is 11.2. The normalized spacial score (nSPS) is 22.8. The molecular formula is C14H15FO. The van der Waals surface area contributed by atoms with Gasteiger partial charge in [0, 0.05) is 6.42 Å². The molecule has 0 saturated carbocycles. The number of benzene rings is 1. The highest BCUT2D eigenvalue weighted by atomic mass is 19.1. The molecule has 1 N–H and O–H groups in total. The van der Waals surface area contributed by atoms with Gasteiger partial charge in [-0.15, -0.1) is 12.3 Å². The van der Waals surface area contributed by atoms with Gasteiger partial charge in [0.15, 0.2) is 0 Å². The summed E-state index contributed by atoms with van der Waals surface area (Å²) in [6, 6.07) is 4.93. The zero-order valence-electron chi connectivity index (χ0n) is 9.17. The average Bonchev–Trinajstić information content (AvgIpc) is 2.59. The van der Waals surface area contributed by atoms with E-state index in [1.165, 1.54) is 6.07 Å². The van der Waals surface area contributed by atoms with Crippen LogP contribution in [0.4, 0.5) is 4.39 Å². The van der Waals surface area contributed by atoms with E-state index in [0.717, 1.165) is 12.0 Å². The van der Waals surface area contributed by atoms with E-state index in [4.69, 9.17) is 6.42 Å². The summed E-state index contributed by atoms with van der Waals surface area (Å²) in [4.78, 5) is 0. The van der Waals surface area contributed by atoms with Crippen molar-refractivity contribution >= 4 is 0 Å². The predicted octanol–water partition coefficient (Wildman–Crippen LogP) is 2.76. The molecule has 1 aliphatic carbocycles. The van der Waals surface area contributed by atoms with Crippen LogP contribution in [0, 0.1) is 18.2 Å². The number of hydrogen-bond acceptors (Lipinski definition) is 1. The second-order valence-corrected chi connectivity index (χ2v) is 4.36. The smallest absolute Gasteiger partial charge is 0.126 e. The largest absolute Gasteiger partial charge is 0.385 e. The lowest BCUT2D eigenvalue weighted by Gasteiger charge is -2.23. The highest BCUT2D eigenvalue weighted by Crippen LogP contribution is 2.41. The van der Waals surface area contributed by atoms with E-state index in [1.807, 2.05) is 6.07 Å². The molecule has 1 aromatic rings. The van der Waals surface area contributed by atoms with Crippen molar-refractivity contribution in [3.63, 3.8) is 0 Å². The van der Waals surface area contributed by atoms with Crippen LogP contribution < -0.4 is 0 Å². The van der Waals surface area contributed by atoms with Crippen LogP contribution in [-0.2, 0) is 12.0 Å². The first-order chi connectivity index (χ1) is 7.67. The molecule has 0 amide bonds. The van der Waals surface area contributed by atoms with Crippen LogP contribution in [-0.4, -0.2) is 5.11 Å². The quantitative estimate of drug-likeness (QED) is 0.611. The van der Waals surface area contributed by atoms with Crippen molar-refractivity contribution in [2.45, 2.75) is 37.7 Å². The number of rotatable bonds is 3. The molecule has 16 heavy (non-hydrogen) atoms. The molecule has 0 heterocycles. The molecule has 1 nitrogen and oxygen atoms in total. The summed E-state index contributed by atoms with van der Waals surface area (Å²) >= 11 is 0. The topological polar surface area (TPSA) is 20.2 Å². The number of aliphatic hydroxyl groups is 1. The summed E-state index contributed by atoms with van der Waals surface area (Å²) in [5.41, 5.74) is 0.559.